The van der Waals surface area contributed by atoms with E-state index in [4.69, 9.17) is 9.15 Å². The molecule has 0 atom stereocenters. The van der Waals surface area contributed by atoms with Gasteiger partial charge >= 0.3 is 5.97 Å². The highest BCUT2D eigenvalue weighted by molar-refractivity contribution is 5.90. The molecule has 0 unspecified atom stereocenters. The molecule has 1 rings (SSSR count). The first-order valence-electron chi connectivity index (χ1n) is 7.23. The van der Waals surface area contributed by atoms with Crippen LogP contribution in [0.3, 0.4) is 0 Å². The number of nitrogens with one attached hydrogen (secondary N) is 1. The molecule has 0 radical (unpaired) electrons. The van der Waals surface area contributed by atoms with Gasteiger partial charge in [0.05, 0.1) is 13.7 Å². The number of methoxy groups -OCH3 is 1. The highest BCUT2D eigenvalue weighted by atomic mass is 16.5. The molecule has 0 aliphatic rings. The highest BCUT2D eigenvalue weighted by Crippen LogP contribution is 2.15. The average molecular weight is 282 g/mol. The molecule has 0 bridgehead atoms. The summed E-state index contributed by atoms with van der Waals surface area (Å²) in [6.45, 7) is 10.9. The van der Waals surface area contributed by atoms with E-state index < -0.39 is 0 Å². The van der Waals surface area contributed by atoms with Gasteiger partial charge in [-0.15, -0.1) is 0 Å². The smallest absolute Gasteiger partial charge is 0.341 e. The molecule has 1 heterocycles. The minimum atomic E-state index is -0.349. The molecule has 0 aliphatic carbocycles. The SMILES string of the molecule is CCCN(CC)CCNCc1cc(C(=O)OC)c(C)o1. The Morgan fingerprint density at radius 2 is 2.15 bits per heavy atom. The number of carbonyl (C=O) groups excluding carboxylic acids is 1. The molecule has 1 N–H and O–H groups in total. The van der Waals surface area contributed by atoms with Gasteiger partial charge in [-0.2, -0.15) is 0 Å². The molecular formula is C15H26N2O3. The predicted molar refractivity (Wildman–Crippen MR) is 78.9 cm³/mol. The van der Waals surface area contributed by atoms with Crippen LogP contribution in [0.5, 0.6) is 0 Å². The predicted octanol–water partition coefficient (Wildman–Crippen LogP) is 2.20. The van der Waals surface area contributed by atoms with E-state index in [9.17, 15) is 4.79 Å². The monoisotopic (exact) mass is 282 g/mol. The van der Waals surface area contributed by atoms with Crippen LogP contribution in [0.1, 0.15) is 42.1 Å². The average Bonchev–Trinajstić information content (AvgIpc) is 2.82. The first-order chi connectivity index (χ1) is 9.62. The quantitative estimate of drug-likeness (QED) is 0.556. The molecule has 114 valence electrons. The van der Waals surface area contributed by atoms with Crippen molar-refractivity contribution in [2.45, 2.75) is 33.7 Å². The minimum Gasteiger partial charge on any atom is -0.465 e. The van der Waals surface area contributed by atoms with Crippen LogP contribution in [0.4, 0.5) is 0 Å². The zero-order valence-electron chi connectivity index (χ0n) is 13.0. The fourth-order valence-electron chi connectivity index (χ4n) is 2.14. The Hall–Kier alpha value is -1.33. The number of aryl methyl sites for hydroxylation is 1. The van der Waals surface area contributed by atoms with Gasteiger partial charge in [0.25, 0.3) is 0 Å². The lowest BCUT2D eigenvalue weighted by Gasteiger charge is -2.19. The molecule has 0 spiro atoms. The van der Waals surface area contributed by atoms with Crippen molar-refractivity contribution in [2.24, 2.45) is 0 Å². The summed E-state index contributed by atoms with van der Waals surface area (Å²) in [7, 11) is 1.37. The maximum Gasteiger partial charge on any atom is 0.341 e. The number of nitrogens with zero attached hydrogens (tertiary/aromatic N) is 1. The summed E-state index contributed by atoms with van der Waals surface area (Å²) >= 11 is 0. The van der Waals surface area contributed by atoms with Crippen molar-refractivity contribution in [3.05, 3.63) is 23.2 Å². The number of likely N-dealkylation sites (N-methyl/N-ethyl adjacent to an activating group) is 1. The van der Waals surface area contributed by atoms with Crippen LogP contribution in [-0.4, -0.2) is 44.2 Å². The van der Waals surface area contributed by atoms with E-state index in [1.165, 1.54) is 13.5 Å². The van der Waals surface area contributed by atoms with Crippen molar-refractivity contribution < 1.29 is 13.9 Å². The maximum atomic E-state index is 11.5. The standard InChI is InChI=1S/C15H26N2O3/c1-5-8-17(6-2)9-7-16-11-13-10-14(12(3)20-13)15(18)19-4/h10,16H,5-9,11H2,1-4H3. The van der Waals surface area contributed by atoms with Crippen LogP contribution in [-0.2, 0) is 11.3 Å². The molecule has 20 heavy (non-hydrogen) atoms. The first-order valence-corrected chi connectivity index (χ1v) is 7.23. The van der Waals surface area contributed by atoms with E-state index in [1.807, 2.05) is 0 Å². The van der Waals surface area contributed by atoms with Gasteiger partial charge in [-0.25, -0.2) is 4.79 Å². The van der Waals surface area contributed by atoms with E-state index in [0.29, 0.717) is 17.9 Å². The van der Waals surface area contributed by atoms with Crippen LogP contribution < -0.4 is 5.32 Å². The number of hydrogen-bond acceptors (Lipinski definition) is 5. The summed E-state index contributed by atoms with van der Waals surface area (Å²) in [5.74, 6) is 1.02. The van der Waals surface area contributed by atoms with Gasteiger partial charge in [0.1, 0.15) is 17.1 Å². The molecule has 5 heteroatoms. The lowest BCUT2D eigenvalue weighted by Crippen LogP contribution is -2.32. The summed E-state index contributed by atoms with van der Waals surface area (Å²) in [6.07, 6.45) is 1.17. The molecule has 0 fully saturated rings. The molecule has 1 aromatic rings. The number of furan rings is 1. The lowest BCUT2D eigenvalue weighted by molar-refractivity contribution is 0.0599. The van der Waals surface area contributed by atoms with Crippen molar-refractivity contribution in [1.82, 2.24) is 10.2 Å². The van der Waals surface area contributed by atoms with E-state index in [2.05, 4.69) is 24.1 Å². The fourth-order valence-corrected chi connectivity index (χ4v) is 2.14. The van der Waals surface area contributed by atoms with Gasteiger partial charge in [0.15, 0.2) is 0 Å². The third-order valence-electron chi connectivity index (χ3n) is 3.27. The first kappa shape index (κ1) is 16.7. The Labute approximate surface area is 121 Å². The van der Waals surface area contributed by atoms with Gasteiger partial charge in [0.2, 0.25) is 0 Å². The Morgan fingerprint density at radius 1 is 1.40 bits per heavy atom. The molecule has 5 nitrogen and oxygen atoms in total. The van der Waals surface area contributed by atoms with Crippen molar-refractivity contribution in [3.63, 3.8) is 0 Å². The fraction of sp³-hybridized carbons (Fsp3) is 0.667. The van der Waals surface area contributed by atoms with E-state index in [1.54, 1.807) is 13.0 Å². The van der Waals surface area contributed by atoms with Crippen molar-refractivity contribution in [2.75, 3.05) is 33.3 Å². The normalized spacial score (nSPS) is 11.1. The summed E-state index contributed by atoms with van der Waals surface area (Å²) in [6, 6.07) is 1.75. The number of esters is 1. The molecule has 1 aromatic heterocycles. The van der Waals surface area contributed by atoms with Crippen molar-refractivity contribution in [1.29, 1.82) is 0 Å². The third kappa shape index (κ3) is 4.98. The van der Waals surface area contributed by atoms with Gasteiger partial charge in [-0.1, -0.05) is 13.8 Å². The summed E-state index contributed by atoms with van der Waals surface area (Å²) < 4.78 is 10.2. The van der Waals surface area contributed by atoms with Crippen LogP contribution in [0.25, 0.3) is 0 Å². The Kier molecular flexibility index (Phi) is 7.33. The zero-order chi connectivity index (χ0) is 15.0. The van der Waals surface area contributed by atoms with Gasteiger partial charge in [0, 0.05) is 13.1 Å². The summed E-state index contributed by atoms with van der Waals surface area (Å²) in [5.41, 5.74) is 0.505. The second-order valence-electron chi connectivity index (χ2n) is 4.79. The van der Waals surface area contributed by atoms with Gasteiger partial charge in [-0.05, 0) is 32.5 Å². The van der Waals surface area contributed by atoms with E-state index in [0.717, 1.165) is 31.9 Å². The maximum absolute atomic E-state index is 11.5. The van der Waals surface area contributed by atoms with Crippen LogP contribution >= 0.6 is 0 Å². The number of hydrogen-bond donors (Lipinski definition) is 1. The number of ether oxygens (including phenoxy) is 1. The van der Waals surface area contributed by atoms with Gasteiger partial charge in [-0.3, -0.25) is 0 Å². The summed E-state index contributed by atoms with van der Waals surface area (Å²) in [4.78, 5) is 13.9. The molecule has 0 saturated heterocycles. The Balaban J connectivity index is 2.37. The largest absolute Gasteiger partial charge is 0.465 e. The zero-order valence-corrected chi connectivity index (χ0v) is 13.0. The highest BCUT2D eigenvalue weighted by Gasteiger charge is 2.14. The van der Waals surface area contributed by atoms with Crippen LogP contribution in [0.2, 0.25) is 0 Å². The second-order valence-corrected chi connectivity index (χ2v) is 4.79. The second kappa shape index (κ2) is 8.76. The topological polar surface area (TPSA) is 54.7 Å². The lowest BCUT2D eigenvalue weighted by atomic mass is 10.2. The van der Waals surface area contributed by atoms with Crippen LogP contribution in [0, 0.1) is 6.92 Å². The van der Waals surface area contributed by atoms with Crippen LogP contribution in [0.15, 0.2) is 10.5 Å². The minimum absolute atomic E-state index is 0.349. The van der Waals surface area contributed by atoms with Crippen molar-refractivity contribution in [3.8, 4) is 0 Å². The molecule has 0 amide bonds. The number of rotatable bonds is 9. The Morgan fingerprint density at radius 3 is 2.75 bits per heavy atom. The number of carbonyl (C=O) groups is 1. The van der Waals surface area contributed by atoms with E-state index >= 15 is 0 Å². The van der Waals surface area contributed by atoms with Crippen molar-refractivity contribution >= 4 is 5.97 Å². The van der Waals surface area contributed by atoms with E-state index in [-0.39, 0.29) is 5.97 Å². The van der Waals surface area contributed by atoms with Gasteiger partial charge < -0.3 is 19.4 Å². The molecular weight excluding hydrogens is 256 g/mol. The summed E-state index contributed by atoms with van der Waals surface area (Å²) in [5, 5.41) is 3.33. The molecule has 0 aliphatic heterocycles. The molecule has 0 aromatic carbocycles. The Bertz CT molecular complexity index is 415. The molecule has 0 saturated carbocycles. The third-order valence-corrected chi connectivity index (χ3v) is 3.27.